The van der Waals surface area contributed by atoms with E-state index in [-0.39, 0.29) is 18.8 Å². The van der Waals surface area contributed by atoms with Crippen LogP contribution in [0, 0.1) is 0 Å². The molecule has 1 aromatic rings. The van der Waals surface area contributed by atoms with Crippen molar-refractivity contribution in [1.82, 2.24) is 5.32 Å². The molecule has 0 spiro atoms. The second kappa shape index (κ2) is 8.93. The van der Waals surface area contributed by atoms with Crippen molar-refractivity contribution in [1.29, 1.82) is 0 Å². The highest BCUT2D eigenvalue weighted by atomic mass is 32.1. The Morgan fingerprint density at radius 2 is 2.33 bits per heavy atom. The number of thiophene rings is 1. The Bertz CT molecular complexity index is 628. The highest BCUT2D eigenvalue weighted by Crippen LogP contribution is 2.21. The van der Waals surface area contributed by atoms with Crippen molar-refractivity contribution in [2.45, 2.75) is 31.8 Å². The van der Waals surface area contributed by atoms with E-state index in [1.54, 1.807) is 18.2 Å². The molecule has 1 amide bonds. The quantitative estimate of drug-likeness (QED) is 0.404. The Morgan fingerprint density at radius 1 is 1.54 bits per heavy atom. The maximum absolute atomic E-state index is 12.5. The predicted molar refractivity (Wildman–Crippen MR) is 93.2 cm³/mol. The van der Waals surface area contributed by atoms with E-state index in [2.05, 4.69) is 5.32 Å². The Labute approximate surface area is 145 Å². The van der Waals surface area contributed by atoms with E-state index in [1.807, 2.05) is 11.4 Å². The van der Waals surface area contributed by atoms with E-state index in [4.69, 9.17) is 9.76 Å². The molecule has 0 unspecified atom stereocenters. The third-order valence-corrected chi connectivity index (χ3v) is 4.43. The molecule has 0 aliphatic carbocycles. The Morgan fingerprint density at radius 3 is 2.96 bits per heavy atom. The number of aliphatic hydroxyl groups is 1. The van der Waals surface area contributed by atoms with Crippen molar-refractivity contribution in [3.05, 3.63) is 40.6 Å². The van der Waals surface area contributed by atoms with Crippen LogP contribution in [0.5, 0.6) is 0 Å². The lowest BCUT2D eigenvalue weighted by Crippen LogP contribution is -2.48. The van der Waals surface area contributed by atoms with Crippen LogP contribution in [0.15, 0.2) is 35.7 Å². The number of carbonyl (C=O) groups excluding carboxylic acids is 2. The molecule has 6 nitrogen and oxygen atoms in total. The Kier molecular flexibility index (Phi) is 6.92. The molecule has 1 aliphatic heterocycles. The predicted octanol–water partition coefficient (Wildman–Crippen LogP) is 0.952. The van der Waals surface area contributed by atoms with Gasteiger partial charge in [-0.1, -0.05) is 18.2 Å². The van der Waals surface area contributed by atoms with Crippen LogP contribution in [0.25, 0.3) is 5.57 Å². The van der Waals surface area contributed by atoms with E-state index in [1.165, 1.54) is 24.3 Å². The van der Waals surface area contributed by atoms with Gasteiger partial charge in [-0.2, -0.15) is 0 Å². The molecule has 3 N–H and O–H groups in total. The fourth-order valence-corrected chi connectivity index (χ4v) is 3.18. The highest BCUT2D eigenvalue weighted by molar-refractivity contribution is 7.11. The van der Waals surface area contributed by atoms with Crippen LogP contribution >= 0.6 is 11.3 Å². The lowest BCUT2D eigenvalue weighted by Gasteiger charge is -2.21. The summed E-state index contributed by atoms with van der Waals surface area (Å²) in [4.78, 5) is 24.4. The van der Waals surface area contributed by atoms with Crippen LogP contribution in [0.1, 0.15) is 24.6 Å². The number of amides is 1. The summed E-state index contributed by atoms with van der Waals surface area (Å²) in [5.74, 6) is -1.06. The first kappa shape index (κ1) is 18.6. The molecule has 2 heterocycles. The van der Waals surface area contributed by atoms with Gasteiger partial charge >= 0.3 is 7.12 Å². The van der Waals surface area contributed by atoms with Gasteiger partial charge in [0.1, 0.15) is 5.78 Å². The number of Topliss-reactive ketones (excluding diaryl/α,β-unsaturated/α-hetero) is 1. The topological polar surface area (TPSA) is 95.9 Å². The summed E-state index contributed by atoms with van der Waals surface area (Å²) in [7, 11) is -1.22. The minimum absolute atomic E-state index is 0.0369. The fraction of sp³-hybridized carbons (Fsp3) is 0.375. The van der Waals surface area contributed by atoms with Crippen LogP contribution in [-0.4, -0.2) is 47.6 Å². The zero-order chi connectivity index (χ0) is 17.5. The summed E-state index contributed by atoms with van der Waals surface area (Å²) < 4.78 is 5.43. The van der Waals surface area contributed by atoms with Crippen LogP contribution in [0.4, 0.5) is 0 Å². The highest BCUT2D eigenvalue weighted by Gasteiger charge is 2.33. The average molecular weight is 349 g/mol. The largest absolute Gasteiger partial charge is 0.478 e. The number of nitrogens with one attached hydrogen (secondary N) is 1. The van der Waals surface area contributed by atoms with Gasteiger partial charge < -0.3 is 20.1 Å². The van der Waals surface area contributed by atoms with Gasteiger partial charge in [0.15, 0.2) is 0 Å². The number of carbonyl (C=O) groups is 2. The Balaban J connectivity index is 2.04. The second-order valence-electron chi connectivity index (χ2n) is 5.49. The molecule has 1 aliphatic rings. The van der Waals surface area contributed by atoms with Crippen molar-refractivity contribution in [2.24, 2.45) is 0 Å². The zero-order valence-corrected chi connectivity index (χ0v) is 14.2. The number of hydrogen-bond donors (Lipinski definition) is 3. The molecule has 128 valence electrons. The SMILES string of the molecule is CC(=O)C[C@H]1C=CC[C@H](NC(=O)/C(=C/CO)c2cccs2)B(O)O1. The number of rotatable bonds is 6. The van der Waals surface area contributed by atoms with Gasteiger partial charge in [0, 0.05) is 11.3 Å². The fourth-order valence-electron chi connectivity index (χ4n) is 2.42. The molecule has 2 rings (SSSR count). The minimum Gasteiger partial charge on any atom is -0.426 e. The molecular formula is C16H20BNO5S. The van der Waals surface area contributed by atoms with Crippen molar-refractivity contribution in [3.8, 4) is 0 Å². The van der Waals surface area contributed by atoms with E-state index in [9.17, 15) is 14.6 Å². The van der Waals surface area contributed by atoms with Crippen molar-refractivity contribution in [3.63, 3.8) is 0 Å². The number of aliphatic hydroxyl groups excluding tert-OH is 1. The van der Waals surface area contributed by atoms with Gasteiger partial charge in [-0.05, 0) is 30.9 Å². The molecule has 0 saturated heterocycles. The number of hydrogen-bond acceptors (Lipinski definition) is 6. The van der Waals surface area contributed by atoms with Gasteiger partial charge in [-0.3, -0.25) is 9.59 Å². The summed E-state index contributed by atoms with van der Waals surface area (Å²) in [5.41, 5.74) is 0.355. The smallest absolute Gasteiger partial charge is 0.426 e. The Hall–Kier alpha value is -1.74. The van der Waals surface area contributed by atoms with Gasteiger partial charge in [0.05, 0.1) is 24.2 Å². The van der Waals surface area contributed by atoms with E-state index >= 15 is 0 Å². The second-order valence-corrected chi connectivity index (χ2v) is 6.44. The van der Waals surface area contributed by atoms with Gasteiger partial charge in [-0.15, -0.1) is 11.3 Å². The zero-order valence-electron chi connectivity index (χ0n) is 13.3. The summed E-state index contributed by atoms with van der Waals surface area (Å²) in [6.07, 6.45) is 5.01. The summed E-state index contributed by atoms with van der Waals surface area (Å²) in [6.45, 7) is 1.20. The van der Waals surface area contributed by atoms with E-state index in [0.717, 1.165) is 4.88 Å². The molecule has 2 atom stereocenters. The first-order valence-electron chi connectivity index (χ1n) is 7.66. The van der Waals surface area contributed by atoms with E-state index < -0.39 is 25.1 Å². The van der Waals surface area contributed by atoms with Gasteiger partial charge in [0.2, 0.25) is 0 Å². The molecule has 8 heteroatoms. The van der Waals surface area contributed by atoms with Crippen molar-refractivity contribution >= 4 is 35.7 Å². The third kappa shape index (κ3) is 5.14. The standard InChI is InChI=1S/C16H20BNO5S/c1-11(20)10-12-4-2-6-15(17(22)23-12)18-16(21)13(7-8-19)14-5-3-9-24-14/h2-5,7,9,12,15,19,22H,6,8,10H2,1H3,(H,18,21)/b13-7+/t12-,15+/m1/s1. The molecule has 1 aromatic heterocycles. The van der Waals surface area contributed by atoms with Crippen molar-refractivity contribution < 1.29 is 24.4 Å². The molecule has 0 saturated carbocycles. The summed E-state index contributed by atoms with van der Waals surface area (Å²) in [5, 5.41) is 23.9. The van der Waals surface area contributed by atoms with Crippen LogP contribution in [0.3, 0.4) is 0 Å². The van der Waals surface area contributed by atoms with Crippen LogP contribution in [-0.2, 0) is 14.2 Å². The lowest BCUT2D eigenvalue weighted by molar-refractivity contribution is -0.118. The molecular weight excluding hydrogens is 329 g/mol. The average Bonchev–Trinajstić information content (AvgIpc) is 2.98. The maximum Gasteiger partial charge on any atom is 0.478 e. The maximum atomic E-state index is 12.5. The summed E-state index contributed by atoms with van der Waals surface area (Å²) in [6, 6.07) is 3.60. The normalized spacial score (nSPS) is 21.5. The first-order valence-corrected chi connectivity index (χ1v) is 8.54. The first-order chi connectivity index (χ1) is 11.5. The third-order valence-electron chi connectivity index (χ3n) is 3.53. The van der Waals surface area contributed by atoms with E-state index in [0.29, 0.717) is 12.0 Å². The number of ketones is 1. The van der Waals surface area contributed by atoms with Crippen LogP contribution in [0.2, 0.25) is 0 Å². The van der Waals surface area contributed by atoms with Crippen LogP contribution < -0.4 is 5.32 Å². The molecule has 0 bridgehead atoms. The molecule has 0 fully saturated rings. The van der Waals surface area contributed by atoms with Gasteiger partial charge in [0.25, 0.3) is 5.91 Å². The molecule has 0 radical (unpaired) electrons. The molecule has 0 aromatic carbocycles. The molecule has 24 heavy (non-hydrogen) atoms. The monoisotopic (exact) mass is 349 g/mol. The summed E-state index contributed by atoms with van der Waals surface area (Å²) >= 11 is 1.39. The minimum atomic E-state index is -1.22. The van der Waals surface area contributed by atoms with Gasteiger partial charge in [-0.25, -0.2) is 0 Å². The van der Waals surface area contributed by atoms with Crippen molar-refractivity contribution in [2.75, 3.05) is 6.61 Å². The lowest BCUT2D eigenvalue weighted by atomic mass is 9.77.